The second kappa shape index (κ2) is 7.69. The number of fused-ring (bicyclic) bond motifs is 2. The number of para-hydroxylation sites is 1. The van der Waals surface area contributed by atoms with Crippen molar-refractivity contribution in [1.82, 2.24) is 4.57 Å². The molecule has 0 saturated carbocycles. The SMILES string of the molecule is CCn1c(C)c(C2(c3ccc(OC)cc3)OC(=O)c3cc(N(C)C)ccc32)c2ccccc21. The number of anilines is 1. The topological polar surface area (TPSA) is 43.7 Å². The Labute approximate surface area is 194 Å². The van der Waals surface area contributed by atoms with Gasteiger partial charge in [0.1, 0.15) is 5.75 Å². The number of nitrogens with zero attached hydrogens (tertiary/aromatic N) is 2. The fourth-order valence-electron chi connectivity index (χ4n) is 5.19. The lowest BCUT2D eigenvalue weighted by Gasteiger charge is -2.31. The Morgan fingerprint density at radius 3 is 2.42 bits per heavy atom. The van der Waals surface area contributed by atoms with Crippen LogP contribution in [0.3, 0.4) is 0 Å². The summed E-state index contributed by atoms with van der Waals surface area (Å²) in [5.41, 5.74) is 5.51. The van der Waals surface area contributed by atoms with Gasteiger partial charge in [-0.3, -0.25) is 0 Å². The van der Waals surface area contributed by atoms with E-state index < -0.39 is 5.60 Å². The lowest BCUT2D eigenvalue weighted by atomic mass is 9.78. The molecule has 5 rings (SSSR count). The minimum Gasteiger partial charge on any atom is -0.497 e. The van der Waals surface area contributed by atoms with Crippen molar-refractivity contribution < 1.29 is 14.3 Å². The maximum Gasteiger partial charge on any atom is 0.340 e. The average Bonchev–Trinajstić information content (AvgIpc) is 3.29. The van der Waals surface area contributed by atoms with Crippen LogP contribution in [0.15, 0.2) is 66.7 Å². The van der Waals surface area contributed by atoms with Crippen molar-refractivity contribution in [3.63, 3.8) is 0 Å². The van der Waals surface area contributed by atoms with Crippen LogP contribution in [0.1, 0.15) is 39.7 Å². The smallest absolute Gasteiger partial charge is 0.340 e. The van der Waals surface area contributed by atoms with Gasteiger partial charge in [-0.05, 0) is 44.2 Å². The summed E-state index contributed by atoms with van der Waals surface area (Å²) in [6, 6.07) is 22.2. The molecule has 1 aromatic heterocycles. The van der Waals surface area contributed by atoms with Gasteiger partial charge in [0, 0.05) is 59.6 Å². The summed E-state index contributed by atoms with van der Waals surface area (Å²) in [7, 11) is 5.59. The van der Waals surface area contributed by atoms with E-state index in [0.717, 1.165) is 51.3 Å². The first-order chi connectivity index (χ1) is 15.9. The maximum atomic E-state index is 13.4. The van der Waals surface area contributed by atoms with E-state index in [-0.39, 0.29) is 5.97 Å². The Balaban J connectivity index is 1.90. The van der Waals surface area contributed by atoms with Gasteiger partial charge in [-0.2, -0.15) is 0 Å². The third-order valence-electron chi connectivity index (χ3n) is 6.76. The van der Waals surface area contributed by atoms with Crippen LogP contribution in [0.2, 0.25) is 0 Å². The molecule has 0 bridgehead atoms. The zero-order valence-corrected chi connectivity index (χ0v) is 19.7. The number of hydrogen-bond acceptors (Lipinski definition) is 4. The van der Waals surface area contributed by atoms with Crippen LogP contribution in [-0.4, -0.2) is 31.7 Å². The molecule has 0 saturated heterocycles. The first-order valence-electron chi connectivity index (χ1n) is 11.2. The largest absolute Gasteiger partial charge is 0.497 e. The molecule has 1 aliphatic rings. The number of hydrogen-bond donors (Lipinski definition) is 0. The molecule has 168 valence electrons. The minimum atomic E-state index is -1.05. The highest BCUT2D eigenvalue weighted by molar-refractivity contribution is 5.99. The quantitative estimate of drug-likeness (QED) is 0.384. The summed E-state index contributed by atoms with van der Waals surface area (Å²) in [6.07, 6.45) is 0. The van der Waals surface area contributed by atoms with E-state index in [1.165, 1.54) is 0 Å². The summed E-state index contributed by atoms with van der Waals surface area (Å²) < 4.78 is 14.1. The molecule has 3 aromatic carbocycles. The van der Waals surface area contributed by atoms with E-state index in [9.17, 15) is 4.79 Å². The van der Waals surface area contributed by atoms with Crippen LogP contribution in [0.25, 0.3) is 10.9 Å². The Morgan fingerprint density at radius 1 is 1.03 bits per heavy atom. The van der Waals surface area contributed by atoms with Crippen LogP contribution in [0.4, 0.5) is 5.69 Å². The van der Waals surface area contributed by atoms with Crippen molar-refractivity contribution in [2.24, 2.45) is 0 Å². The first kappa shape index (κ1) is 21.1. The van der Waals surface area contributed by atoms with E-state index in [2.05, 4.69) is 36.6 Å². The Morgan fingerprint density at radius 2 is 1.76 bits per heavy atom. The van der Waals surface area contributed by atoms with E-state index in [0.29, 0.717) is 5.56 Å². The van der Waals surface area contributed by atoms with Crippen LogP contribution in [-0.2, 0) is 16.9 Å². The lowest BCUT2D eigenvalue weighted by Crippen LogP contribution is -2.30. The number of cyclic esters (lactones) is 1. The van der Waals surface area contributed by atoms with Crippen LogP contribution < -0.4 is 9.64 Å². The van der Waals surface area contributed by atoms with Crippen molar-refractivity contribution >= 4 is 22.6 Å². The van der Waals surface area contributed by atoms with Crippen molar-refractivity contribution in [2.45, 2.75) is 26.0 Å². The lowest BCUT2D eigenvalue weighted by molar-refractivity contribution is 0.0253. The monoisotopic (exact) mass is 440 g/mol. The molecular formula is C28H28N2O3. The molecule has 2 heterocycles. The molecule has 1 atom stereocenters. The molecular weight excluding hydrogens is 412 g/mol. The number of benzene rings is 3. The first-order valence-corrected chi connectivity index (χ1v) is 11.2. The zero-order chi connectivity index (χ0) is 23.3. The van der Waals surface area contributed by atoms with Crippen LogP contribution in [0, 0.1) is 6.92 Å². The molecule has 33 heavy (non-hydrogen) atoms. The van der Waals surface area contributed by atoms with E-state index in [4.69, 9.17) is 9.47 Å². The third kappa shape index (κ3) is 2.95. The van der Waals surface area contributed by atoms with Gasteiger partial charge in [0.25, 0.3) is 0 Å². The fraction of sp³-hybridized carbons (Fsp3) is 0.250. The second-order valence-corrected chi connectivity index (χ2v) is 8.65. The molecule has 5 heteroatoms. The molecule has 0 aliphatic carbocycles. The Hall–Kier alpha value is -3.73. The predicted molar refractivity (Wildman–Crippen MR) is 131 cm³/mol. The molecule has 5 nitrogen and oxygen atoms in total. The summed E-state index contributed by atoms with van der Waals surface area (Å²) in [5, 5.41) is 1.09. The number of rotatable bonds is 5. The van der Waals surface area contributed by atoms with Crippen molar-refractivity contribution in [1.29, 1.82) is 0 Å². The number of ether oxygens (including phenoxy) is 2. The third-order valence-corrected chi connectivity index (χ3v) is 6.76. The van der Waals surface area contributed by atoms with Crippen molar-refractivity contribution in [3.8, 4) is 5.75 Å². The molecule has 0 fully saturated rings. The van der Waals surface area contributed by atoms with Crippen LogP contribution in [0.5, 0.6) is 5.75 Å². The summed E-state index contributed by atoms with van der Waals surface area (Å²) >= 11 is 0. The molecule has 0 N–H and O–H groups in total. The Bertz CT molecular complexity index is 1370. The minimum absolute atomic E-state index is 0.308. The standard InChI is InChI=1S/C28H28N2O3/c1-6-30-18(2)26(22-9-7-8-10-25(22)30)28(19-11-14-21(32-5)15-12-19)24-16-13-20(29(3)4)17-23(24)27(31)33-28/h7-17H,6H2,1-5H3. The van der Waals surface area contributed by atoms with Gasteiger partial charge < -0.3 is 18.9 Å². The van der Waals surface area contributed by atoms with Gasteiger partial charge in [-0.1, -0.05) is 36.4 Å². The van der Waals surface area contributed by atoms with Gasteiger partial charge in [-0.25, -0.2) is 4.79 Å². The molecule has 0 radical (unpaired) electrons. The van der Waals surface area contributed by atoms with E-state index in [1.807, 2.05) is 67.5 Å². The summed E-state index contributed by atoms with van der Waals surface area (Å²) in [5.74, 6) is 0.450. The zero-order valence-electron chi connectivity index (χ0n) is 19.7. The Kier molecular flexibility index (Phi) is 4.93. The van der Waals surface area contributed by atoms with Gasteiger partial charge in [0.2, 0.25) is 0 Å². The van der Waals surface area contributed by atoms with Crippen LogP contribution >= 0.6 is 0 Å². The molecule has 0 amide bonds. The van der Waals surface area contributed by atoms with Crippen molar-refractivity contribution in [2.75, 3.05) is 26.1 Å². The van der Waals surface area contributed by atoms with Gasteiger partial charge in [0.05, 0.1) is 12.7 Å². The highest BCUT2D eigenvalue weighted by Crippen LogP contribution is 2.51. The highest BCUT2D eigenvalue weighted by atomic mass is 16.6. The fourth-order valence-corrected chi connectivity index (χ4v) is 5.19. The molecule has 1 unspecified atom stereocenters. The maximum absolute atomic E-state index is 13.4. The number of aryl methyl sites for hydroxylation is 1. The van der Waals surface area contributed by atoms with Gasteiger partial charge in [0.15, 0.2) is 5.60 Å². The van der Waals surface area contributed by atoms with Gasteiger partial charge >= 0.3 is 5.97 Å². The highest BCUT2D eigenvalue weighted by Gasteiger charge is 2.51. The average molecular weight is 441 g/mol. The van der Waals surface area contributed by atoms with Gasteiger partial charge in [-0.15, -0.1) is 0 Å². The normalized spacial score (nSPS) is 17.2. The number of aromatic nitrogens is 1. The second-order valence-electron chi connectivity index (χ2n) is 8.65. The molecule has 1 aliphatic heterocycles. The summed E-state index contributed by atoms with van der Waals surface area (Å²) in [6.45, 7) is 5.08. The predicted octanol–water partition coefficient (Wildman–Crippen LogP) is 5.51. The molecule has 4 aromatic rings. The van der Waals surface area contributed by atoms with E-state index in [1.54, 1.807) is 7.11 Å². The molecule has 0 spiro atoms. The van der Waals surface area contributed by atoms with Crippen molar-refractivity contribution in [3.05, 3.63) is 94.7 Å². The number of esters is 1. The number of carbonyl (C=O) groups excluding carboxylic acids is 1. The number of methoxy groups -OCH3 is 1. The summed E-state index contributed by atoms with van der Waals surface area (Å²) in [4.78, 5) is 15.4. The number of carbonyl (C=O) groups is 1. The van der Waals surface area contributed by atoms with E-state index >= 15 is 0 Å².